The molecule has 0 radical (unpaired) electrons. The van der Waals surface area contributed by atoms with Crippen LogP contribution in [-0.2, 0) is 11.2 Å². The standard InChI is InChI=1S/C32H30ClNO3S.Na/c1-21(32(36)37)20-38-31(17-13-24-7-3-4-9-29(24)22(2)35)26-8-5-6-23(18-26)10-15-28-16-12-25-11-14-27(33)19-30(25)34-28;/h3-12,14-16,18-19,21,31H,13,17,20H2,1-2H3,(H,36,37);/q;+1/p-1/b15-10+;. The zero-order valence-corrected chi connectivity index (χ0v) is 26.0. The van der Waals surface area contributed by atoms with Gasteiger partial charge in [-0.05, 0) is 60.7 Å². The summed E-state index contributed by atoms with van der Waals surface area (Å²) in [7, 11) is 0. The number of aromatic nitrogens is 1. The molecule has 0 aliphatic heterocycles. The van der Waals surface area contributed by atoms with Gasteiger partial charge < -0.3 is 9.90 Å². The number of hydrogen-bond donors (Lipinski definition) is 0. The molecule has 39 heavy (non-hydrogen) atoms. The van der Waals surface area contributed by atoms with Gasteiger partial charge in [-0.15, -0.1) is 0 Å². The second kappa shape index (κ2) is 14.8. The van der Waals surface area contributed by atoms with E-state index in [-0.39, 0.29) is 40.6 Å². The molecule has 0 aliphatic carbocycles. The normalized spacial score (nSPS) is 12.7. The molecule has 0 amide bonds. The number of nitrogens with zero attached hydrogens (tertiary/aromatic N) is 1. The summed E-state index contributed by atoms with van der Waals surface area (Å²) in [4.78, 5) is 28.1. The van der Waals surface area contributed by atoms with Crippen molar-refractivity contribution in [2.75, 3.05) is 5.75 Å². The number of hydrogen-bond acceptors (Lipinski definition) is 5. The number of pyridine rings is 1. The molecule has 3 aromatic carbocycles. The van der Waals surface area contributed by atoms with Gasteiger partial charge >= 0.3 is 29.6 Å². The van der Waals surface area contributed by atoms with Gasteiger partial charge in [0.15, 0.2) is 5.78 Å². The van der Waals surface area contributed by atoms with Crippen molar-refractivity contribution in [3.05, 3.63) is 112 Å². The Balaban J connectivity index is 0.00000420. The molecule has 1 aromatic heterocycles. The van der Waals surface area contributed by atoms with Crippen LogP contribution in [-0.4, -0.2) is 22.5 Å². The van der Waals surface area contributed by atoms with Gasteiger partial charge in [-0.25, -0.2) is 4.98 Å². The van der Waals surface area contributed by atoms with E-state index in [0.29, 0.717) is 10.8 Å². The van der Waals surface area contributed by atoms with Crippen molar-refractivity contribution in [3.8, 4) is 0 Å². The molecule has 0 fully saturated rings. The number of aryl methyl sites for hydroxylation is 1. The first-order valence-electron chi connectivity index (χ1n) is 12.6. The Morgan fingerprint density at radius 2 is 1.77 bits per heavy atom. The second-order valence-corrected chi connectivity index (χ2v) is 11.0. The van der Waals surface area contributed by atoms with E-state index in [0.717, 1.165) is 51.7 Å². The zero-order chi connectivity index (χ0) is 27.1. The third kappa shape index (κ3) is 8.79. The number of aliphatic carboxylic acids is 1. The minimum absolute atomic E-state index is 0. The summed E-state index contributed by atoms with van der Waals surface area (Å²) in [5.74, 6) is -1.10. The van der Waals surface area contributed by atoms with Gasteiger partial charge in [0, 0.05) is 38.9 Å². The maximum absolute atomic E-state index is 12.1. The van der Waals surface area contributed by atoms with Crippen LogP contribution < -0.4 is 34.7 Å². The van der Waals surface area contributed by atoms with E-state index in [2.05, 4.69) is 12.1 Å². The molecule has 0 saturated heterocycles. The first kappa shape index (κ1) is 31.1. The molecule has 7 heteroatoms. The summed E-state index contributed by atoms with van der Waals surface area (Å²) in [6.45, 7) is 3.26. The van der Waals surface area contributed by atoms with Gasteiger partial charge in [-0.3, -0.25) is 4.79 Å². The summed E-state index contributed by atoms with van der Waals surface area (Å²) in [5, 5.41) is 13.1. The number of Topliss-reactive ketones (excluding diaryl/α,β-unsaturated/α-hetero) is 1. The number of thioether (sulfide) groups is 1. The zero-order valence-electron chi connectivity index (χ0n) is 22.4. The molecule has 4 nitrogen and oxygen atoms in total. The van der Waals surface area contributed by atoms with Crippen molar-refractivity contribution in [2.45, 2.75) is 31.9 Å². The predicted molar refractivity (Wildman–Crippen MR) is 156 cm³/mol. The average molecular weight is 566 g/mol. The molecule has 0 aliphatic rings. The van der Waals surface area contributed by atoms with Crippen molar-refractivity contribution in [1.29, 1.82) is 0 Å². The maximum atomic E-state index is 12.1. The summed E-state index contributed by atoms with van der Waals surface area (Å²) in [5.41, 5.74) is 5.56. The van der Waals surface area contributed by atoms with Crippen LogP contribution in [0, 0.1) is 5.92 Å². The second-order valence-electron chi connectivity index (χ2n) is 9.37. The van der Waals surface area contributed by atoms with E-state index >= 15 is 0 Å². The number of carboxylic acids is 1. The van der Waals surface area contributed by atoms with Crippen molar-refractivity contribution < 1.29 is 44.3 Å². The first-order chi connectivity index (χ1) is 18.3. The number of carboxylic acid groups (broad SMARTS) is 1. The van der Waals surface area contributed by atoms with E-state index in [1.807, 2.05) is 78.9 Å². The topological polar surface area (TPSA) is 70.1 Å². The van der Waals surface area contributed by atoms with Crippen molar-refractivity contribution >= 4 is 58.2 Å². The minimum atomic E-state index is -1.04. The molecule has 1 heterocycles. The van der Waals surface area contributed by atoms with Crippen molar-refractivity contribution in [1.82, 2.24) is 4.98 Å². The van der Waals surface area contributed by atoms with E-state index in [1.54, 1.807) is 25.6 Å². The Bertz CT molecular complexity index is 1490. The number of benzene rings is 3. The molecule has 0 spiro atoms. The van der Waals surface area contributed by atoms with E-state index in [1.165, 1.54) is 0 Å². The summed E-state index contributed by atoms with van der Waals surface area (Å²) in [6, 6.07) is 25.6. The van der Waals surface area contributed by atoms with Crippen LogP contribution in [0.5, 0.6) is 0 Å². The van der Waals surface area contributed by atoms with Crippen molar-refractivity contribution in [2.24, 2.45) is 5.92 Å². The number of carbonyl (C=O) groups excluding carboxylic acids is 2. The van der Waals surface area contributed by atoms with Crippen LogP contribution in [0.4, 0.5) is 0 Å². The average Bonchev–Trinajstić information content (AvgIpc) is 2.91. The minimum Gasteiger partial charge on any atom is -0.550 e. The van der Waals surface area contributed by atoms with Crippen LogP contribution >= 0.6 is 23.4 Å². The molecule has 0 N–H and O–H groups in total. The molecule has 4 aromatic rings. The largest absolute Gasteiger partial charge is 1.00 e. The Kier molecular flexibility index (Phi) is 11.8. The van der Waals surface area contributed by atoms with Gasteiger partial charge in [0.05, 0.1) is 11.2 Å². The summed E-state index contributed by atoms with van der Waals surface area (Å²) < 4.78 is 0. The predicted octanol–water partition coefficient (Wildman–Crippen LogP) is 4.06. The van der Waals surface area contributed by atoms with Gasteiger partial charge in [0.25, 0.3) is 0 Å². The third-order valence-electron chi connectivity index (χ3n) is 6.43. The Hall–Kier alpha value is -2.41. The summed E-state index contributed by atoms with van der Waals surface area (Å²) >= 11 is 7.75. The third-order valence-corrected chi connectivity index (χ3v) is 8.26. The van der Waals surface area contributed by atoms with Crippen LogP contribution in [0.15, 0.2) is 78.9 Å². The van der Waals surface area contributed by atoms with E-state index < -0.39 is 11.9 Å². The summed E-state index contributed by atoms with van der Waals surface area (Å²) in [6.07, 6.45) is 5.49. The van der Waals surface area contributed by atoms with E-state index in [9.17, 15) is 14.7 Å². The maximum Gasteiger partial charge on any atom is 1.00 e. The molecule has 0 saturated carbocycles. The van der Waals surface area contributed by atoms with Crippen molar-refractivity contribution in [3.63, 3.8) is 0 Å². The number of halogens is 1. The molecule has 4 rings (SSSR count). The van der Waals surface area contributed by atoms with Crippen LogP contribution in [0.25, 0.3) is 23.1 Å². The number of ketones is 1. The van der Waals surface area contributed by atoms with Crippen LogP contribution in [0.3, 0.4) is 0 Å². The van der Waals surface area contributed by atoms with Crippen LogP contribution in [0.1, 0.15) is 58.3 Å². The number of fused-ring (bicyclic) bond motifs is 1. The molecular formula is C32H29ClNNaO3S. The fraction of sp³-hybridized carbons (Fsp3) is 0.219. The van der Waals surface area contributed by atoms with Gasteiger partial charge in [-0.1, -0.05) is 85.3 Å². The number of rotatable bonds is 11. The molecular weight excluding hydrogens is 537 g/mol. The fourth-order valence-corrected chi connectivity index (χ4v) is 5.73. The quantitative estimate of drug-likeness (QED) is 0.203. The fourth-order valence-electron chi connectivity index (χ4n) is 4.29. The molecule has 2 unspecified atom stereocenters. The molecule has 194 valence electrons. The monoisotopic (exact) mass is 565 g/mol. The molecule has 0 bridgehead atoms. The Morgan fingerprint density at radius 3 is 2.54 bits per heavy atom. The Morgan fingerprint density at radius 1 is 1.00 bits per heavy atom. The number of carbonyl (C=O) groups is 2. The Labute approximate surface area is 261 Å². The van der Waals surface area contributed by atoms with Crippen LogP contribution in [0.2, 0.25) is 5.02 Å². The molecule has 2 atom stereocenters. The smallest absolute Gasteiger partial charge is 0.550 e. The van der Waals surface area contributed by atoms with E-state index in [4.69, 9.17) is 16.6 Å². The SMILES string of the molecule is CC(=O)c1ccccc1CCC(SCC(C)C(=O)[O-])c1cccc(/C=C/c2ccc3ccc(Cl)cc3n2)c1.[Na+]. The van der Waals surface area contributed by atoms with Gasteiger partial charge in [0.2, 0.25) is 0 Å². The van der Waals surface area contributed by atoms with Gasteiger partial charge in [0.1, 0.15) is 0 Å². The van der Waals surface area contributed by atoms with Gasteiger partial charge in [-0.2, -0.15) is 11.8 Å². The first-order valence-corrected chi connectivity index (χ1v) is 14.0.